The normalized spacial score (nSPS) is 14.9. The van der Waals surface area contributed by atoms with Crippen molar-refractivity contribution in [3.05, 3.63) is 205 Å². The van der Waals surface area contributed by atoms with E-state index in [1.165, 1.54) is 16.7 Å². The van der Waals surface area contributed by atoms with Crippen molar-refractivity contribution in [1.29, 1.82) is 0 Å². The molecule has 2 aromatic heterocycles. The maximum absolute atomic E-state index is 13.7. The quantitative estimate of drug-likeness (QED) is 0.171. The number of fused-ring (bicyclic) bond motifs is 9. The Labute approximate surface area is 363 Å². The molecule has 3 aliphatic rings. The lowest BCUT2D eigenvalue weighted by Crippen LogP contribution is -2.16. The lowest BCUT2D eigenvalue weighted by atomic mass is 9.82. The van der Waals surface area contributed by atoms with E-state index < -0.39 is 0 Å². The third kappa shape index (κ3) is 6.50. The van der Waals surface area contributed by atoms with E-state index in [2.05, 4.69) is 200 Å². The SMILES string of the molecule is CC(C)(C)c1ccc(C2=C3C=CC(=N3)C(c3ccc(C(C)(C)C)cc3)=c3ccc([nH]3)=c3c4c(c(-c5ccccc5)c5cc(C(C)(C)C)ccc35)C(C=O)=C(N=4)c3ccc2[nH]3)cc1. The van der Waals surface area contributed by atoms with Crippen LogP contribution in [-0.4, -0.2) is 22.0 Å². The number of H-pyrrole nitrogens is 2. The van der Waals surface area contributed by atoms with E-state index in [-0.39, 0.29) is 16.2 Å². The molecule has 0 spiro atoms. The Bertz CT molecular complexity index is 3360. The highest BCUT2D eigenvalue weighted by Crippen LogP contribution is 2.42. The average Bonchev–Trinajstić information content (AvgIpc) is 4.07. The van der Waals surface area contributed by atoms with Gasteiger partial charge in [-0.05, 0) is 108 Å². The molecule has 5 heterocycles. The molecule has 5 aromatic carbocycles. The first-order valence-electron chi connectivity index (χ1n) is 21.7. The monoisotopic (exact) mass is 808 g/mol. The van der Waals surface area contributed by atoms with Crippen molar-refractivity contribution >= 4 is 45.2 Å². The first-order valence-corrected chi connectivity index (χ1v) is 21.7. The molecule has 5 nitrogen and oxygen atoms in total. The summed E-state index contributed by atoms with van der Waals surface area (Å²) in [6.07, 6.45) is 5.27. The summed E-state index contributed by atoms with van der Waals surface area (Å²) in [5, 5.41) is 5.75. The maximum Gasteiger partial charge on any atom is 0.153 e. The summed E-state index contributed by atoms with van der Waals surface area (Å²) in [4.78, 5) is 32.4. The fraction of sp³-hybridized carbons (Fsp3) is 0.211. The maximum atomic E-state index is 13.7. The first kappa shape index (κ1) is 39.3. The number of carbonyl (C=O) groups is 1. The van der Waals surface area contributed by atoms with E-state index in [1.54, 1.807) is 0 Å². The van der Waals surface area contributed by atoms with Crippen LogP contribution in [0.1, 0.15) is 107 Å². The summed E-state index contributed by atoms with van der Waals surface area (Å²) >= 11 is 0. The minimum atomic E-state index is -0.104. The van der Waals surface area contributed by atoms with Crippen molar-refractivity contribution < 1.29 is 4.79 Å². The number of nitrogens with one attached hydrogen (secondary N) is 2. The van der Waals surface area contributed by atoms with Crippen molar-refractivity contribution in [3.63, 3.8) is 0 Å². The highest BCUT2D eigenvalue weighted by molar-refractivity contribution is 6.30. The molecule has 0 fully saturated rings. The van der Waals surface area contributed by atoms with Gasteiger partial charge in [-0.15, -0.1) is 0 Å². The van der Waals surface area contributed by atoms with Crippen molar-refractivity contribution in [1.82, 2.24) is 9.97 Å². The summed E-state index contributed by atoms with van der Waals surface area (Å²) in [5.74, 6) is 0. The number of aromatic nitrogens is 2. The number of hydrogen-bond donors (Lipinski definition) is 2. The topological polar surface area (TPSA) is 73.4 Å². The van der Waals surface area contributed by atoms with Gasteiger partial charge in [-0.25, -0.2) is 9.98 Å². The summed E-state index contributed by atoms with van der Waals surface area (Å²) < 4.78 is 0. The van der Waals surface area contributed by atoms with Gasteiger partial charge in [-0.3, -0.25) is 4.79 Å². The molecule has 62 heavy (non-hydrogen) atoms. The van der Waals surface area contributed by atoms with Crippen LogP contribution >= 0.6 is 0 Å². The highest BCUT2D eigenvalue weighted by Gasteiger charge is 2.29. The van der Waals surface area contributed by atoms with Gasteiger partial charge in [0.25, 0.3) is 0 Å². The molecule has 2 N–H and O–H groups in total. The van der Waals surface area contributed by atoms with Crippen molar-refractivity contribution in [2.45, 2.75) is 78.6 Å². The highest BCUT2D eigenvalue weighted by atomic mass is 16.1. The predicted octanol–water partition coefficient (Wildman–Crippen LogP) is 12.0. The molecule has 7 aromatic rings. The van der Waals surface area contributed by atoms with Gasteiger partial charge in [0.15, 0.2) is 6.29 Å². The molecule has 306 valence electrons. The Hall–Kier alpha value is -6.85. The minimum absolute atomic E-state index is 0.00481. The summed E-state index contributed by atoms with van der Waals surface area (Å²) in [7, 11) is 0. The van der Waals surface area contributed by atoms with E-state index in [0.29, 0.717) is 11.3 Å². The second-order valence-corrected chi connectivity index (χ2v) is 20.0. The number of aldehydes is 1. The third-order valence-corrected chi connectivity index (χ3v) is 12.7. The van der Waals surface area contributed by atoms with Crippen LogP contribution in [0, 0.1) is 10.6 Å². The molecule has 8 bridgehead atoms. The van der Waals surface area contributed by atoms with E-state index in [1.807, 2.05) is 6.07 Å². The number of aliphatic imine (C=N–C) groups is 1. The largest absolute Gasteiger partial charge is 0.354 e. The second-order valence-electron chi connectivity index (χ2n) is 20.0. The van der Waals surface area contributed by atoms with Gasteiger partial charge in [0.1, 0.15) is 0 Å². The van der Waals surface area contributed by atoms with Crippen LogP contribution in [0.2, 0.25) is 0 Å². The Morgan fingerprint density at radius 1 is 0.500 bits per heavy atom. The number of carbonyl (C=O) groups excluding carboxylic acids is 1. The van der Waals surface area contributed by atoms with Crippen LogP contribution in [0.25, 0.3) is 44.3 Å². The van der Waals surface area contributed by atoms with Gasteiger partial charge >= 0.3 is 0 Å². The number of aromatic amines is 2. The molecule has 0 atom stereocenters. The van der Waals surface area contributed by atoms with Crippen LogP contribution in [0.4, 0.5) is 0 Å². The van der Waals surface area contributed by atoms with Crippen LogP contribution in [-0.2, 0) is 21.0 Å². The molecule has 0 aliphatic carbocycles. The lowest BCUT2D eigenvalue weighted by Gasteiger charge is -2.21. The van der Waals surface area contributed by atoms with E-state index >= 15 is 0 Å². The fourth-order valence-corrected chi connectivity index (χ4v) is 9.27. The van der Waals surface area contributed by atoms with Gasteiger partial charge in [0.2, 0.25) is 0 Å². The van der Waals surface area contributed by atoms with E-state index in [4.69, 9.17) is 9.98 Å². The molecule has 0 unspecified atom stereocenters. The van der Waals surface area contributed by atoms with E-state index in [9.17, 15) is 4.79 Å². The Morgan fingerprint density at radius 2 is 1.10 bits per heavy atom. The number of hydrogen-bond acceptors (Lipinski definition) is 3. The molecule has 3 aliphatic heterocycles. The molecule has 0 saturated carbocycles. The standard InChI is InChI=1S/C57H52N4O/c1-55(2,3)36-19-15-34(16-20-36)49-42-25-26-43(58-42)50(35-17-21-37(22-18-35)56(4,5)6)45-29-30-47(60-45)53-41(32-62)52-48(33-13-11-10-12-14-33)40-31-38(57(7,8)9)23-24-39(40)51(54(52)61-53)46-28-27-44(49)59-46/h10-32,59-60H,1-9H3. The molecular weight excluding hydrogens is 757 g/mol. The Kier molecular flexibility index (Phi) is 8.94. The minimum Gasteiger partial charge on any atom is -0.354 e. The van der Waals surface area contributed by atoms with Crippen LogP contribution in [0.5, 0.6) is 0 Å². The van der Waals surface area contributed by atoms with Gasteiger partial charge in [0.05, 0.1) is 33.7 Å². The number of nitrogens with zero attached hydrogens (tertiary/aromatic N) is 2. The molecular formula is C57H52N4O. The van der Waals surface area contributed by atoms with Gasteiger partial charge in [0, 0.05) is 38.3 Å². The Morgan fingerprint density at radius 3 is 1.73 bits per heavy atom. The van der Waals surface area contributed by atoms with Crippen LogP contribution < -0.4 is 10.7 Å². The lowest BCUT2D eigenvalue weighted by molar-refractivity contribution is -0.103. The molecule has 5 heteroatoms. The molecule has 0 radical (unpaired) electrons. The fourth-order valence-electron chi connectivity index (χ4n) is 9.27. The van der Waals surface area contributed by atoms with Crippen LogP contribution in [0.15, 0.2) is 149 Å². The third-order valence-electron chi connectivity index (χ3n) is 12.7. The molecule has 0 saturated heterocycles. The van der Waals surface area contributed by atoms with Crippen molar-refractivity contribution in [2.24, 2.45) is 9.98 Å². The zero-order valence-corrected chi connectivity index (χ0v) is 37.1. The predicted molar refractivity (Wildman–Crippen MR) is 256 cm³/mol. The van der Waals surface area contributed by atoms with Crippen molar-refractivity contribution in [3.8, 4) is 11.1 Å². The Balaban J connectivity index is 1.38. The average molecular weight is 809 g/mol. The zero-order valence-electron chi connectivity index (χ0n) is 37.1. The summed E-state index contributed by atoms with van der Waals surface area (Å²) in [6, 6.07) is 43.6. The summed E-state index contributed by atoms with van der Waals surface area (Å²) in [5.41, 5.74) is 15.2. The number of benzene rings is 5. The van der Waals surface area contributed by atoms with Gasteiger partial charge in [-0.2, -0.15) is 0 Å². The number of rotatable bonds is 4. The van der Waals surface area contributed by atoms with Crippen molar-refractivity contribution in [2.75, 3.05) is 0 Å². The number of allylic oxidation sites excluding steroid dienone is 3. The molecule has 0 amide bonds. The smallest absolute Gasteiger partial charge is 0.153 e. The molecule has 10 rings (SSSR count). The zero-order chi connectivity index (χ0) is 43.3. The van der Waals surface area contributed by atoms with Gasteiger partial charge < -0.3 is 9.97 Å². The summed E-state index contributed by atoms with van der Waals surface area (Å²) in [6.45, 7) is 20.2. The van der Waals surface area contributed by atoms with Gasteiger partial charge in [-0.1, -0.05) is 153 Å². The van der Waals surface area contributed by atoms with Crippen LogP contribution in [0.3, 0.4) is 0 Å². The first-order chi connectivity index (χ1) is 29.6. The second kappa shape index (κ2) is 14.1. The van der Waals surface area contributed by atoms with E-state index in [0.717, 1.165) is 100 Å².